The van der Waals surface area contributed by atoms with Crippen molar-refractivity contribution in [3.05, 3.63) is 41.3 Å². The van der Waals surface area contributed by atoms with Crippen LogP contribution >= 0.6 is 11.6 Å². The first-order valence-electron chi connectivity index (χ1n) is 5.23. The van der Waals surface area contributed by atoms with Crippen LogP contribution in [0.4, 0.5) is 10.5 Å². The van der Waals surface area contributed by atoms with Crippen molar-refractivity contribution in [2.24, 2.45) is 5.73 Å². The van der Waals surface area contributed by atoms with E-state index in [1.54, 1.807) is 0 Å². The second kappa shape index (κ2) is 5.01. The minimum Gasteiger partial charge on any atom is -0.351 e. The van der Waals surface area contributed by atoms with Crippen molar-refractivity contribution in [1.82, 2.24) is 9.97 Å². The van der Waals surface area contributed by atoms with Gasteiger partial charge >= 0.3 is 6.03 Å². The molecule has 0 radical (unpaired) electrons. The second-order valence-corrected chi connectivity index (χ2v) is 4.04. The first-order valence-corrected chi connectivity index (χ1v) is 5.60. The number of carbonyl (C=O) groups excluding carboxylic acids is 1. The third-order valence-electron chi connectivity index (χ3n) is 2.42. The molecule has 0 atom stereocenters. The standard InChI is InChI=1S/C12H11ClN4O/c1-7-4-2-3-5-8(7)10-9(16-12(14)18)6-15-11(13)17-10/h2-6H,1H3,(H3,14,16,18). The van der Waals surface area contributed by atoms with Crippen LogP contribution in [-0.2, 0) is 0 Å². The van der Waals surface area contributed by atoms with Crippen molar-refractivity contribution in [3.63, 3.8) is 0 Å². The number of hydrogen-bond acceptors (Lipinski definition) is 3. The maximum absolute atomic E-state index is 10.9. The lowest BCUT2D eigenvalue weighted by Crippen LogP contribution is -2.20. The van der Waals surface area contributed by atoms with Gasteiger partial charge in [0.05, 0.1) is 17.6 Å². The number of nitrogens with one attached hydrogen (secondary N) is 1. The Labute approximate surface area is 109 Å². The van der Waals surface area contributed by atoms with Crippen LogP contribution in [0.15, 0.2) is 30.5 Å². The van der Waals surface area contributed by atoms with E-state index in [0.717, 1.165) is 11.1 Å². The quantitative estimate of drug-likeness (QED) is 0.816. The lowest BCUT2D eigenvalue weighted by Gasteiger charge is -2.10. The average molecular weight is 263 g/mol. The summed E-state index contributed by atoms with van der Waals surface area (Å²) >= 11 is 5.79. The van der Waals surface area contributed by atoms with E-state index in [0.29, 0.717) is 11.4 Å². The van der Waals surface area contributed by atoms with Crippen molar-refractivity contribution < 1.29 is 4.79 Å². The Morgan fingerprint density at radius 2 is 2.11 bits per heavy atom. The van der Waals surface area contributed by atoms with Gasteiger partial charge in [-0.1, -0.05) is 24.3 Å². The molecule has 0 saturated carbocycles. The predicted octanol–water partition coefficient (Wildman–Crippen LogP) is 2.60. The van der Waals surface area contributed by atoms with Gasteiger partial charge in [-0.15, -0.1) is 0 Å². The highest BCUT2D eigenvalue weighted by Crippen LogP contribution is 2.28. The molecule has 1 aromatic heterocycles. The van der Waals surface area contributed by atoms with Crippen molar-refractivity contribution >= 4 is 23.3 Å². The molecule has 0 bridgehead atoms. The number of aryl methyl sites for hydroxylation is 1. The van der Waals surface area contributed by atoms with Crippen LogP contribution in [0.2, 0.25) is 5.28 Å². The summed E-state index contributed by atoms with van der Waals surface area (Å²) in [5.74, 6) is 0. The van der Waals surface area contributed by atoms with Crippen LogP contribution in [0.3, 0.4) is 0 Å². The molecule has 2 rings (SSSR count). The Bertz CT molecular complexity index is 600. The number of nitrogens with zero attached hydrogens (tertiary/aromatic N) is 2. The monoisotopic (exact) mass is 262 g/mol. The minimum absolute atomic E-state index is 0.114. The summed E-state index contributed by atoms with van der Waals surface area (Å²) in [4.78, 5) is 18.9. The first kappa shape index (κ1) is 12.3. The Balaban J connectivity index is 2.58. The maximum atomic E-state index is 10.9. The van der Waals surface area contributed by atoms with Crippen molar-refractivity contribution in [3.8, 4) is 11.3 Å². The third kappa shape index (κ3) is 2.57. The van der Waals surface area contributed by atoms with Gasteiger partial charge in [0.15, 0.2) is 0 Å². The highest BCUT2D eigenvalue weighted by Gasteiger charge is 2.12. The van der Waals surface area contributed by atoms with Gasteiger partial charge in [-0.25, -0.2) is 14.8 Å². The average Bonchev–Trinajstić information content (AvgIpc) is 2.32. The van der Waals surface area contributed by atoms with Gasteiger partial charge in [-0.3, -0.25) is 0 Å². The van der Waals surface area contributed by atoms with Gasteiger partial charge in [-0.2, -0.15) is 0 Å². The predicted molar refractivity (Wildman–Crippen MR) is 70.4 cm³/mol. The lowest BCUT2D eigenvalue weighted by molar-refractivity contribution is 0.259. The topological polar surface area (TPSA) is 80.9 Å². The van der Waals surface area contributed by atoms with Crippen LogP contribution in [0.5, 0.6) is 0 Å². The van der Waals surface area contributed by atoms with Crippen molar-refractivity contribution in [2.45, 2.75) is 6.92 Å². The fourth-order valence-electron chi connectivity index (χ4n) is 1.63. The van der Waals surface area contributed by atoms with E-state index >= 15 is 0 Å². The lowest BCUT2D eigenvalue weighted by atomic mass is 10.0. The number of carbonyl (C=O) groups is 1. The number of anilines is 1. The van der Waals surface area contributed by atoms with Crippen molar-refractivity contribution in [2.75, 3.05) is 5.32 Å². The van der Waals surface area contributed by atoms with Gasteiger partial charge < -0.3 is 11.1 Å². The molecule has 1 aromatic carbocycles. The number of halogens is 1. The molecule has 1 heterocycles. The zero-order valence-corrected chi connectivity index (χ0v) is 10.4. The summed E-state index contributed by atoms with van der Waals surface area (Å²) in [6.45, 7) is 1.94. The molecule has 2 aromatic rings. The molecule has 0 aliphatic carbocycles. The number of hydrogen-bond donors (Lipinski definition) is 2. The highest BCUT2D eigenvalue weighted by molar-refractivity contribution is 6.28. The van der Waals surface area contributed by atoms with Gasteiger partial charge in [0, 0.05) is 5.56 Å². The number of nitrogens with two attached hydrogens (primary N) is 1. The summed E-state index contributed by atoms with van der Waals surface area (Å²) in [5.41, 5.74) is 7.97. The van der Waals surface area contributed by atoms with E-state index in [4.69, 9.17) is 17.3 Å². The molecule has 0 saturated heterocycles. The number of primary amides is 1. The van der Waals surface area contributed by atoms with Crippen LogP contribution in [0.1, 0.15) is 5.56 Å². The van der Waals surface area contributed by atoms with Gasteiger partial charge in [0.1, 0.15) is 0 Å². The summed E-state index contributed by atoms with van der Waals surface area (Å²) in [7, 11) is 0. The van der Waals surface area contributed by atoms with Crippen LogP contribution in [0, 0.1) is 6.92 Å². The number of urea groups is 1. The summed E-state index contributed by atoms with van der Waals surface area (Å²) in [6.07, 6.45) is 1.43. The maximum Gasteiger partial charge on any atom is 0.316 e. The minimum atomic E-state index is -0.671. The molecular formula is C12H11ClN4O. The Hall–Kier alpha value is -2.14. The molecule has 0 aliphatic rings. The number of amides is 2. The normalized spacial score (nSPS) is 10.1. The molecule has 6 heteroatoms. The van der Waals surface area contributed by atoms with E-state index in [1.807, 2.05) is 31.2 Å². The molecular weight excluding hydrogens is 252 g/mol. The first-order chi connectivity index (χ1) is 8.58. The van der Waals surface area contributed by atoms with Crippen LogP contribution in [-0.4, -0.2) is 16.0 Å². The molecule has 0 unspecified atom stereocenters. The highest BCUT2D eigenvalue weighted by atomic mass is 35.5. The van der Waals surface area contributed by atoms with E-state index in [1.165, 1.54) is 6.20 Å². The largest absolute Gasteiger partial charge is 0.351 e. The Morgan fingerprint density at radius 3 is 2.78 bits per heavy atom. The van der Waals surface area contributed by atoms with E-state index in [-0.39, 0.29) is 5.28 Å². The van der Waals surface area contributed by atoms with Gasteiger partial charge in [0.2, 0.25) is 5.28 Å². The Kier molecular flexibility index (Phi) is 3.43. The van der Waals surface area contributed by atoms with E-state index in [2.05, 4.69) is 15.3 Å². The summed E-state index contributed by atoms with van der Waals surface area (Å²) in [6, 6.07) is 6.96. The summed E-state index contributed by atoms with van der Waals surface area (Å²) in [5, 5.41) is 2.60. The molecule has 2 amide bonds. The molecule has 0 spiro atoms. The summed E-state index contributed by atoms with van der Waals surface area (Å²) < 4.78 is 0. The van der Waals surface area contributed by atoms with Crippen LogP contribution in [0.25, 0.3) is 11.3 Å². The third-order valence-corrected chi connectivity index (χ3v) is 2.60. The fraction of sp³-hybridized carbons (Fsp3) is 0.0833. The zero-order chi connectivity index (χ0) is 13.1. The smallest absolute Gasteiger partial charge is 0.316 e. The number of aromatic nitrogens is 2. The van der Waals surface area contributed by atoms with Gasteiger partial charge in [-0.05, 0) is 24.1 Å². The zero-order valence-electron chi connectivity index (χ0n) is 9.64. The van der Waals surface area contributed by atoms with Crippen molar-refractivity contribution in [1.29, 1.82) is 0 Å². The van der Waals surface area contributed by atoms with Gasteiger partial charge in [0.25, 0.3) is 0 Å². The Morgan fingerprint density at radius 1 is 1.39 bits per heavy atom. The van der Waals surface area contributed by atoms with E-state index in [9.17, 15) is 4.79 Å². The fourth-order valence-corrected chi connectivity index (χ4v) is 1.76. The second-order valence-electron chi connectivity index (χ2n) is 3.71. The molecule has 3 N–H and O–H groups in total. The molecule has 0 aliphatic heterocycles. The van der Waals surface area contributed by atoms with E-state index < -0.39 is 6.03 Å². The SMILES string of the molecule is Cc1ccccc1-c1nc(Cl)ncc1NC(N)=O. The number of rotatable bonds is 2. The molecule has 0 fully saturated rings. The van der Waals surface area contributed by atoms with Crippen LogP contribution < -0.4 is 11.1 Å². The molecule has 5 nitrogen and oxygen atoms in total. The molecule has 92 valence electrons. The molecule has 18 heavy (non-hydrogen) atoms. The number of benzene rings is 1.